The van der Waals surface area contributed by atoms with Gasteiger partial charge in [-0.25, -0.2) is 0 Å². The van der Waals surface area contributed by atoms with Crippen LogP contribution in [0.5, 0.6) is 0 Å². The van der Waals surface area contributed by atoms with Crippen molar-refractivity contribution in [2.24, 2.45) is 4.99 Å². The van der Waals surface area contributed by atoms with Crippen LogP contribution < -0.4 is 0 Å². The highest BCUT2D eigenvalue weighted by Crippen LogP contribution is 2.27. The second-order valence-corrected chi connectivity index (χ2v) is 5.99. The van der Waals surface area contributed by atoms with E-state index >= 15 is 0 Å². The Balaban J connectivity index is 1.97. The molecule has 4 heteroatoms. The smallest absolute Gasteiger partial charge is 0.253 e. The van der Waals surface area contributed by atoms with Crippen LogP contribution in [0.15, 0.2) is 40.9 Å². The van der Waals surface area contributed by atoms with Crippen molar-refractivity contribution in [2.45, 2.75) is 45.1 Å². The molecule has 1 aliphatic carbocycles. The molecule has 1 saturated carbocycles. The molecule has 1 fully saturated rings. The first-order valence-electron chi connectivity index (χ1n) is 7.68. The normalized spacial score (nSPS) is 20.6. The number of aryl methyl sites for hydroxylation is 1. The quantitative estimate of drug-likeness (QED) is 0.872. The summed E-state index contributed by atoms with van der Waals surface area (Å²) in [7, 11) is 0. The summed E-state index contributed by atoms with van der Waals surface area (Å²) >= 11 is 0. The van der Waals surface area contributed by atoms with Gasteiger partial charge in [0.2, 0.25) is 0 Å². The minimum absolute atomic E-state index is 0.0306. The minimum atomic E-state index is -0.251. The maximum absolute atomic E-state index is 9.88. The predicted octanol–water partition coefficient (Wildman–Crippen LogP) is 3.68. The van der Waals surface area contributed by atoms with Crippen LogP contribution in [0.4, 0.5) is 0 Å². The van der Waals surface area contributed by atoms with Gasteiger partial charge in [-0.05, 0) is 25.8 Å². The lowest BCUT2D eigenvalue weighted by atomic mass is 9.93. The number of aliphatic imine (C=N–C) groups is 1. The number of amidine groups is 1. The third-order valence-electron chi connectivity index (χ3n) is 4.35. The van der Waals surface area contributed by atoms with Crippen molar-refractivity contribution >= 4 is 5.84 Å². The van der Waals surface area contributed by atoms with Crippen molar-refractivity contribution in [3.8, 4) is 0 Å². The van der Waals surface area contributed by atoms with E-state index in [1.54, 1.807) is 0 Å². The summed E-state index contributed by atoms with van der Waals surface area (Å²) in [6, 6.07) is 8.53. The summed E-state index contributed by atoms with van der Waals surface area (Å²) in [5, 5.41) is 19.7. The van der Waals surface area contributed by atoms with Gasteiger partial charge in [-0.3, -0.25) is 0 Å². The highest BCUT2D eigenvalue weighted by atomic mass is 16.3. The van der Waals surface area contributed by atoms with Crippen LogP contribution in [0, 0.1) is 6.92 Å². The van der Waals surface area contributed by atoms with Gasteiger partial charge in [0.15, 0.2) is 5.76 Å². The lowest BCUT2D eigenvalue weighted by Gasteiger charge is -2.38. The van der Waals surface area contributed by atoms with Gasteiger partial charge in [-0.15, -0.1) is 0 Å². The van der Waals surface area contributed by atoms with Crippen molar-refractivity contribution in [1.82, 2.24) is 4.90 Å². The van der Waals surface area contributed by atoms with Crippen LogP contribution in [0.2, 0.25) is 0 Å². The van der Waals surface area contributed by atoms with Gasteiger partial charge in [-0.1, -0.05) is 43.0 Å². The second-order valence-electron chi connectivity index (χ2n) is 5.99. The molecule has 1 heterocycles. The molecule has 0 atom stereocenters. The van der Waals surface area contributed by atoms with E-state index < -0.39 is 0 Å². The summed E-state index contributed by atoms with van der Waals surface area (Å²) in [6.45, 7) is 2.40. The second kappa shape index (κ2) is 5.80. The lowest BCUT2D eigenvalue weighted by Crippen LogP contribution is -2.45. The van der Waals surface area contributed by atoms with Crippen LogP contribution in [-0.2, 0) is 0 Å². The molecule has 2 N–H and O–H groups in total. The first kappa shape index (κ1) is 14.0. The van der Waals surface area contributed by atoms with E-state index in [4.69, 9.17) is 0 Å². The van der Waals surface area contributed by atoms with E-state index in [1.165, 1.54) is 19.3 Å². The molecule has 21 heavy (non-hydrogen) atoms. The molecule has 1 aliphatic heterocycles. The zero-order valence-electron chi connectivity index (χ0n) is 12.4. The summed E-state index contributed by atoms with van der Waals surface area (Å²) < 4.78 is 0. The largest absolute Gasteiger partial charge is 0.506 e. The Hall–Kier alpha value is -1.97. The van der Waals surface area contributed by atoms with E-state index in [2.05, 4.69) is 16.0 Å². The summed E-state index contributed by atoms with van der Waals surface area (Å²) in [4.78, 5) is 6.41. The fourth-order valence-corrected chi connectivity index (χ4v) is 3.25. The molecule has 2 aliphatic rings. The minimum Gasteiger partial charge on any atom is -0.506 e. The Morgan fingerprint density at radius 2 is 1.90 bits per heavy atom. The van der Waals surface area contributed by atoms with Crippen LogP contribution >= 0.6 is 0 Å². The van der Waals surface area contributed by atoms with Crippen molar-refractivity contribution < 1.29 is 10.2 Å². The fraction of sp³-hybridized carbons (Fsp3) is 0.471. The van der Waals surface area contributed by atoms with Crippen molar-refractivity contribution in [2.75, 3.05) is 6.54 Å². The lowest BCUT2D eigenvalue weighted by molar-refractivity contribution is 0.206. The monoisotopic (exact) mass is 286 g/mol. The number of hydrogen-bond acceptors (Lipinski definition) is 4. The zero-order valence-corrected chi connectivity index (χ0v) is 12.4. The molecule has 112 valence electrons. The van der Waals surface area contributed by atoms with Gasteiger partial charge in [0, 0.05) is 11.6 Å². The van der Waals surface area contributed by atoms with Gasteiger partial charge in [0.25, 0.3) is 5.88 Å². The Labute approximate surface area is 125 Å². The van der Waals surface area contributed by atoms with Gasteiger partial charge < -0.3 is 15.1 Å². The van der Waals surface area contributed by atoms with Crippen molar-refractivity contribution in [3.63, 3.8) is 0 Å². The van der Waals surface area contributed by atoms with E-state index in [0.29, 0.717) is 12.6 Å². The summed E-state index contributed by atoms with van der Waals surface area (Å²) in [5.74, 6) is 0.497. The molecule has 1 aromatic carbocycles. The van der Waals surface area contributed by atoms with Crippen molar-refractivity contribution in [3.05, 3.63) is 47.0 Å². The fourth-order valence-electron chi connectivity index (χ4n) is 3.25. The molecule has 0 radical (unpaired) electrons. The molecular formula is C17H22N2O2. The maximum atomic E-state index is 9.88. The number of aliphatic hydroxyl groups excluding tert-OH is 2. The molecule has 0 unspecified atom stereocenters. The van der Waals surface area contributed by atoms with Crippen LogP contribution in [0.3, 0.4) is 0 Å². The molecule has 0 bridgehead atoms. The van der Waals surface area contributed by atoms with Gasteiger partial charge in [0.1, 0.15) is 5.84 Å². The number of aliphatic hydroxyl groups is 2. The van der Waals surface area contributed by atoms with Crippen LogP contribution in [0.1, 0.15) is 43.2 Å². The zero-order chi connectivity index (χ0) is 14.8. The van der Waals surface area contributed by atoms with Crippen LogP contribution in [-0.4, -0.2) is 33.5 Å². The van der Waals surface area contributed by atoms with Crippen LogP contribution in [0.25, 0.3) is 0 Å². The average molecular weight is 286 g/mol. The van der Waals surface area contributed by atoms with Gasteiger partial charge in [0.05, 0.1) is 6.54 Å². The SMILES string of the molecule is Cc1cccc(C2=NC(O)=C(O)CN2C2CCCCC2)c1. The van der Waals surface area contributed by atoms with Gasteiger partial charge in [-0.2, -0.15) is 4.99 Å². The topological polar surface area (TPSA) is 56.1 Å². The molecular weight excluding hydrogens is 264 g/mol. The van der Waals surface area contributed by atoms with E-state index in [1.807, 2.05) is 25.1 Å². The maximum Gasteiger partial charge on any atom is 0.253 e. The molecule has 0 saturated heterocycles. The third kappa shape index (κ3) is 2.89. The average Bonchev–Trinajstić information content (AvgIpc) is 2.50. The molecule has 1 aromatic rings. The third-order valence-corrected chi connectivity index (χ3v) is 4.35. The first-order valence-corrected chi connectivity index (χ1v) is 7.68. The van der Waals surface area contributed by atoms with E-state index in [0.717, 1.165) is 29.8 Å². The van der Waals surface area contributed by atoms with E-state index in [9.17, 15) is 10.2 Å². The highest BCUT2D eigenvalue weighted by molar-refractivity contribution is 6.00. The molecule has 3 rings (SSSR count). The Kier molecular flexibility index (Phi) is 3.86. The Morgan fingerprint density at radius 3 is 2.62 bits per heavy atom. The van der Waals surface area contributed by atoms with Crippen molar-refractivity contribution in [1.29, 1.82) is 0 Å². The first-order chi connectivity index (χ1) is 10.1. The standard InChI is InChI=1S/C17H22N2O2/c1-12-6-5-7-13(10-12)16-18-17(21)15(20)11-19(16)14-8-3-2-4-9-14/h5-7,10,14,20-21H,2-4,8-9,11H2,1H3. The van der Waals surface area contributed by atoms with E-state index in [-0.39, 0.29) is 11.6 Å². The van der Waals surface area contributed by atoms with Gasteiger partial charge >= 0.3 is 0 Å². The summed E-state index contributed by atoms with van der Waals surface area (Å²) in [6.07, 6.45) is 5.98. The number of nitrogens with zero attached hydrogens (tertiary/aromatic N) is 2. The Morgan fingerprint density at radius 1 is 1.14 bits per heavy atom. The molecule has 4 nitrogen and oxygen atoms in total. The molecule has 0 aromatic heterocycles. The predicted molar refractivity (Wildman–Crippen MR) is 83.6 cm³/mol. The number of rotatable bonds is 2. The summed E-state index contributed by atoms with van der Waals surface area (Å²) in [5.41, 5.74) is 2.16. The molecule has 0 amide bonds. The number of hydrogen-bond donors (Lipinski definition) is 2. The molecule has 0 spiro atoms. The number of benzene rings is 1. The Bertz CT molecular complexity index is 586. The highest BCUT2D eigenvalue weighted by Gasteiger charge is 2.29.